The second-order valence-corrected chi connectivity index (χ2v) is 5.50. The number of para-hydroxylation sites is 1. The fraction of sp³-hybridized carbons (Fsp3) is 0.278. The molecule has 1 atom stereocenters. The Balaban J connectivity index is 2.45. The molecule has 0 amide bonds. The summed E-state index contributed by atoms with van der Waals surface area (Å²) in [4.78, 5) is 11.9. The molecule has 110 valence electrons. The van der Waals surface area contributed by atoms with Crippen LogP contribution in [-0.2, 0) is 16.6 Å². The maximum Gasteiger partial charge on any atom is 0.314 e. The zero-order valence-corrected chi connectivity index (χ0v) is 12.6. The molecule has 1 N–H and O–H groups in total. The van der Waals surface area contributed by atoms with Gasteiger partial charge in [-0.25, -0.2) is 0 Å². The van der Waals surface area contributed by atoms with Crippen LogP contribution in [-0.4, -0.2) is 18.2 Å². The molecule has 0 saturated heterocycles. The molecule has 0 heterocycles. The molecular formula is C18H20O3. The molecule has 21 heavy (non-hydrogen) atoms. The second kappa shape index (κ2) is 6.00. The van der Waals surface area contributed by atoms with Crippen LogP contribution in [0.1, 0.15) is 23.6 Å². The van der Waals surface area contributed by atoms with Crippen LogP contribution in [0.25, 0.3) is 0 Å². The van der Waals surface area contributed by atoms with Crippen LogP contribution in [0.2, 0.25) is 0 Å². The third kappa shape index (κ3) is 3.07. The maximum atomic E-state index is 11.9. The van der Waals surface area contributed by atoms with Gasteiger partial charge in [-0.15, -0.1) is 0 Å². The lowest BCUT2D eigenvalue weighted by Crippen LogP contribution is -2.35. The standard InChI is InChI=1S/C18H20O3/c1-13-8-10-14(11-9-13)12-18(2,17(19)20)15-6-4-5-7-16(15)21-3/h4-11H,12H2,1-3H3,(H,19,20). The average molecular weight is 284 g/mol. The van der Waals surface area contributed by atoms with Crippen molar-refractivity contribution in [2.45, 2.75) is 25.7 Å². The third-order valence-electron chi connectivity index (χ3n) is 3.85. The van der Waals surface area contributed by atoms with Gasteiger partial charge in [0.15, 0.2) is 0 Å². The monoisotopic (exact) mass is 284 g/mol. The number of carboxylic acids is 1. The molecular weight excluding hydrogens is 264 g/mol. The number of carbonyl (C=O) groups is 1. The molecule has 0 spiro atoms. The van der Waals surface area contributed by atoms with Crippen molar-refractivity contribution >= 4 is 5.97 Å². The second-order valence-electron chi connectivity index (χ2n) is 5.50. The van der Waals surface area contributed by atoms with Crippen LogP contribution in [0.5, 0.6) is 5.75 Å². The van der Waals surface area contributed by atoms with Crippen molar-refractivity contribution in [1.29, 1.82) is 0 Å². The van der Waals surface area contributed by atoms with Crippen molar-refractivity contribution in [2.24, 2.45) is 0 Å². The number of benzene rings is 2. The number of hydrogen-bond donors (Lipinski definition) is 1. The first kappa shape index (κ1) is 15.1. The summed E-state index contributed by atoms with van der Waals surface area (Å²) < 4.78 is 5.34. The van der Waals surface area contributed by atoms with Crippen molar-refractivity contribution < 1.29 is 14.6 Å². The third-order valence-corrected chi connectivity index (χ3v) is 3.85. The number of aryl methyl sites for hydroxylation is 1. The van der Waals surface area contributed by atoms with Crippen molar-refractivity contribution in [1.82, 2.24) is 0 Å². The minimum atomic E-state index is -1.03. The quantitative estimate of drug-likeness (QED) is 0.912. The van der Waals surface area contributed by atoms with Crippen molar-refractivity contribution in [3.8, 4) is 5.75 Å². The maximum absolute atomic E-state index is 11.9. The van der Waals surface area contributed by atoms with Gasteiger partial charge >= 0.3 is 5.97 Å². The predicted molar refractivity (Wildman–Crippen MR) is 82.9 cm³/mol. The van der Waals surface area contributed by atoms with E-state index in [4.69, 9.17) is 4.74 Å². The summed E-state index contributed by atoms with van der Waals surface area (Å²) in [6, 6.07) is 15.3. The molecule has 0 saturated carbocycles. The Kier molecular flexibility index (Phi) is 4.32. The molecule has 3 nitrogen and oxygen atoms in total. The molecule has 2 rings (SSSR count). The summed E-state index contributed by atoms with van der Waals surface area (Å²) in [5.41, 5.74) is 1.83. The first-order chi connectivity index (χ1) is 9.97. The molecule has 0 fully saturated rings. The van der Waals surface area contributed by atoms with Crippen molar-refractivity contribution in [3.63, 3.8) is 0 Å². The van der Waals surface area contributed by atoms with E-state index in [1.807, 2.05) is 49.4 Å². The smallest absolute Gasteiger partial charge is 0.314 e. The number of rotatable bonds is 5. The summed E-state index contributed by atoms with van der Waals surface area (Å²) in [6.45, 7) is 3.76. The van der Waals surface area contributed by atoms with E-state index in [1.165, 1.54) is 0 Å². The summed E-state index contributed by atoms with van der Waals surface area (Å²) in [7, 11) is 1.56. The number of aliphatic carboxylic acids is 1. The largest absolute Gasteiger partial charge is 0.496 e. The lowest BCUT2D eigenvalue weighted by atomic mass is 9.77. The van der Waals surface area contributed by atoms with E-state index >= 15 is 0 Å². The van der Waals surface area contributed by atoms with Crippen LogP contribution >= 0.6 is 0 Å². The van der Waals surface area contributed by atoms with Crippen molar-refractivity contribution in [2.75, 3.05) is 7.11 Å². The van der Waals surface area contributed by atoms with E-state index in [9.17, 15) is 9.90 Å². The SMILES string of the molecule is COc1ccccc1C(C)(Cc1ccc(C)cc1)C(=O)O. The van der Waals surface area contributed by atoms with E-state index in [1.54, 1.807) is 20.1 Å². The highest BCUT2D eigenvalue weighted by Gasteiger charge is 2.37. The minimum absolute atomic E-state index is 0.420. The Bertz CT molecular complexity index is 631. The van der Waals surface area contributed by atoms with Crippen LogP contribution in [0.4, 0.5) is 0 Å². The molecule has 2 aromatic carbocycles. The van der Waals surface area contributed by atoms with Gasteiger partial charge < -0.3 is 9.84 Å². The average Bonchev–Trinajstić information content (AvgIpc) is 2.49. The number of ether oxygens (including phenoxy) is 1. The van der Waals surface area contributed by atoms with Gasteiger partial charge in [-0.2, -0.15) is 0 Å². The Labute approximate surface area is 125 Å². The molecule has 0 aliphatic carbocycles. The molecule has 0 aliphatic heterocycles. The van der Waals surface area contributed by atoms with Gasteiger partial charge in [-0.1, -0.05) is 48.0 Å². The zero-order chi connectivity index (χ0) is 15.5. The fourth-order valence-corrected chi connectivity index (χ4v) is 2.50. The highest BCUT2D eigenvalue weighted by molar-refractivity contribution is 5.82. The summed E-state index contributed by atoms with van der Waals surface area (Å²) >= 11 is 0. The Morgan fingerprint density at radius 3 is 2.33 bits per heavy atom. The minimum Gasteiger partial charge on any atom is -0.496 e. The highest BCUT2D eigenvalue weighted by Crippen LogP contribution is 2.35. The van der Waals surface area contributed by atoms with E-state index in [0.717, 1.165) is 11.1 Å². The van der Waals surface area contributed by atoms with Crippen LogP contribution in [0, 0.1) is 6.92 Å². The first-order valence-corrected chi connectivity index (χ1v) is 6.90. The van der Waals surface area contributed by atoms with Gasteiger partial charge in [-0.05, 0) is 31.9 Å². The zero-order valence-electron chi connectivity index (χ0n) is 12.6. The fourth-order valence-electron chi connectivity index (χ4n) is 2.50. The Morgan fingerprint density at radius 1 is 1.14 bits per heavy atom. The molecule has 2 aromatic rings. The van der Waals surface area contributed by atoms with Crippen LogP contribution < -0.4 is 4.74 Å². The van der Waals surface area contributed by atoms with Gasteiger partial charge in [0, 0.05) is 5.56 Å². The predicted octanol–water partition coefficient (Wildman–Crippen LogP) is 3.59. The van der Waals surface area contributed by atoms with E-state index in [2.05, 4.69) is 0 Å². The molecule has 0 aromatic heterocycles. The van der Waals surface area contributed by atoms with Gasteiger partial charge in [0.1, 0.15) is 5.75 Å². The topological polar surface area (TPSA) is 46.5 Å². The van der Waals surface area contributed by atoms with Gasteiger partial charge in [0.2, 0.25) is 0 Å². The van der Waals surface area contributed by atoms with Gasteiger partial charge in [0.05, 0.1) is 12.5 Å². The van der Waals surface area contributed by atoms with E-state index in [0.29, 0.717) is 17.7 Å². The molecule has 0 bridgehead atoms. The van der Waals surface area contributed by atoms with Gasteiger partial charge in [0.25, 0.3) is 0 Å². The van der Waals surface area contributed by atoms with E-state index in [-0.39, 0.29) is 0 Å². The molecule has 3 heteroatoms. The van der Waals surface area contributed by atoms with Crippen LogP contribution in [0.3, 0.4) is 0 Å². The Hall–Kier alpha value is -2.29. The highest BCUT2D eigenvalue weighted by atomic mass is 16.5. The first-order valence-electron chi connectivity index (χ1n) is 6.90. The summed E-state index contributed by atoms with van der Waals surface area (Å²) in [6.07, 6.45) is 0.420. The molecule has 0 radical (unpaired) electrons. The van der Waals surface area contributed by atoms with Gasteiger partial charge in [-0.3, -0.25) is 4.79 Å². The normalized spacial score (nSPS) is 13.5. The summed E-state index contributed by atoms with van der Waals surface area (Å²) in [5, 5.41) is 9.77. The number of carboxylic acid groups (broad SMARTS) is 1. The Morgan fingerprint density at radius 2 is 1.76 bits per heavy atom. The molecule has 1 unspecified atom stereocenters. The summed E-state index contributed by atoms with van der Waals surface area (Å²) in [5.74, 6) is -0.248. The number of hydrogen-bond acceptors (Lipinski definition) is 2. The lowest BCUT2D eigenvalue weighted by Gasteiger charge is -2.27. The van der Waals surface area contributed by atoms with E-state index < -0.39 is 11.4 Å². The number of methoxy groups -OCH3 is 1. The molecule has 0 aliphatic rings. The van der Waals surface area contributed by atoms with Crippen molar-refractivity contribution in [3.05, 3.63) is 65.2 Å². The van der Waals surface area contributed by atoms with Crippen LogP contribution in [0.15, 0.2) is 48.5 Å². The lowest BCUT2D eigenvalue weighted by molar-refractivity contribution is -0.143.